The highest BCUT2D eigenvalue weighted by Crippen LogP contribution is 2.31. The van der Waals surface area contributed by atoms with Crippen LogP contribution in [0.25, 0.3) is 0 Å². The number of likely N-dealkylation sites (tertiary alicyclic amines) is 1. The molecule has 2 fully saturated rings. The van der Waals surface area contributed by atoms with Crippen LogP contribution in [0, 0.1) is 17.3 Å². The maximum atomic E-state index is 13.6. The number of amides is 3. The van der Waals surface area contributed by atoms with Crippen LogP contribution < -0.4 is 10.6 Å². The number of carbonyl (C=O) groups excluding carboxylic acids is 3. The highest BCUT2D eigenvalue weighted by molar-refractivity contribution is 5.89. The van der Waals surface area contributed by atoms with E-state index in [4.69, 9.17) is 0 Å². The van der Waals surface area contributed by atoms with E-state index >= 15 is 0 Å². The lowest BCUT2D eigenvalue weighted by Crippen LogP contribution is -2.58. The van der Waals surface area contributed by atoms with Crippen LogP contribution in [-0.2, 0) is 20.9 Å². The molecule has 2 aliphatic rings. The summed E-state index contributed by atoms with van der Waals surface area (Å²) >= 11 is 0. The minimum Gasteiger partial charge on any atom is -0.344 e. The zero-order valence-corrected chi connectivity index (χ0v) is 22.1. The van der Waals surface area contributed by atoms with Crippen molar-refractivity contribution in [2.45, 2.75) is 84.3 Å². The van der Waals surface area contributed by atoms with Crippen LogP contribution in [0.5, 0.6) is 0 Å². The molecule has 0 spiro atoms. The first-order chi connectivity index (χ1) is 17.2. The first-order valence-corrected chi connectivity index (χ1v) is 13.4. The van der Waals surface area contributed by atoms with Gasteiger partial charge in [-0.25, -0.2) is 5.06 Å². The van der Waals surface area contributed by atoms with Gasteiger partial charge in [-0.15, -0.1) is 0 Å². The van der Waals surface area contributed by atoms with Crippen molar-refractivity contribution < 1.29 is 19.6 Å². The molecule has 3 rings (SSSR count). The van der Waals surface area contributed by atoms with Gasteiger partial charge in [-0.05, 0) is 36.2 Å². The number of hydroxylamine groups is 2. The van der Waals surface area contributed by atoms with Crippen molar-refractivity contribution in [1.29, 1.82) is 0 Å². The van der Waals surface area contributed by atoms with Gasteiger partial charge in [0.1, 0.15) is 6.04 Å². The smallest absolute Gasteiger partial charge is 0.245 e. The van der Waals surface area contributed by atoms with Crippen LogP contribution in [0.1, 0.15) is 71.3 Å². The molecule has 8 heteroatoms. The van der Waals surface area contributed by atoms with E-state index in [1.165, 1.54) is 5.56 Å². The predicted octanol–water partition coefficient (Wildman–Crippen LogP) is 3.34. The average Bonchev–Trinajstić information content (AvgIpc) is 3.38. The molecule has 3 N–H and O–H groups in total. The molecule has 2 atom stereocenters. The van der Waals surface area contributed by atoms with E-state index in [0.29, 0.717) is 42.9 Å². The van der Waals surface area contributed by atoms with Crippen molar-refractivity contribution in [3.8, 4) is 0 Å². The monoisotopic (exact) mass is 500 g/mol. The number of hydrogen-bond acceptors (Lipinski definition) is 5. The van der Waals surface area contributed by atoms with Crippen molar-refractivity contribution >= 4 is 18.2 Å². The van der Waals surface area contributed by atoms with Gasteiger partial charge in [-0.3, -0.25) is 19.6 Å². The van der Waals surface area contributed by atoms with E-state index in [2.05, 4.69) is 22.8 Å². The summed E-state index contributed by atoms with van der Waals surface area (Å²) in [5.41, 5.74) is 0.770. The third-order valence-corrected chi connectivity index (χ3v) is 7.64. The fourth-order valence-corrected chi connectivity index (χ4v) is 5.44. The van der Waals surface area contributed by atoms with Gasteiger partial charge in [-0.1, -0.05) is 76.8 Å². The molecule has 0 bridgehead atoms. The molecule has 0 radical (unpaired) electrons. The van der Waals surface area contributed by atoms with Gasteiger partial charge in [-0.2, -0.15) is 0 Å². The van der Waals surface area contributed by atoms with E-state index in [0.717, 1.165) is 45.1 Å². The van der Waals surface area contributed by atoms with E-state index in [1.807, 2.05) is 43.9 Å². The minimum absolute atomic E-state index is 0.0602. The Labute approximate surface area is 215 Å². The normalized spacial score (nSPS) is 19.1. The Balaban J connectivity index is 1.58. The second-order valence-corrected chi connectivity index (χ2v) is 11.6. The first kappa shape index (κ1) is 28.1. The maximum absolute atomic E-state index is 13.6. The Morgan fingerprint density at radius 2 is 1.75 bits per heavy atom. The quantitative estimate of drug-likeness (QED) is 0.246. The molecule has 1 aromatic carbocycles. The Morgan fingerprint density at radius 1 is 1.11 bits per heavy atom. The molecule has 0 unspecified atom stereocenters. The summed E-state index contributed by atoms with van der Waals surface area (Å²) < 4.78 is 0. The summed E-state index contributed by atoms with van der Waals surface area (Å²) in [6.07, 6.45) is 7.09. The molecule has 1 aliphatic carbocycles. The summed E-state index contributed by atoms with van der Waals surface area (Å²) in [4.78, 5) is 39.8. The van der Waals surface area contributed by atoms with Gasteiger partial charge >= 0.3 is 0 Å². The maximum Gasteiger partial charge on any atom is 0.245 e. The molecule has 1 saturated heterocycles. The van der Waals surface area contributed by atoms with Crippen LogP contribution in [-0.4, -0.2) is 65.1 Å². The lowest BCUT2D eigenvalue weighted by Gasteiger charge is -2.39. The predicted molar refractivity (Wildman–Crippen MR) is 139 cm³/mol. The van der Waals surface area contributed by atoms with Gasteiger partial charge in [0.25, 0.3) is 0 Å². The number of rotatable bonds is 11. The SMILES string of the molecule is CC(C)(C)[C@H](NC(=O)[C@H](CC1CCCC1)CN(O)C=O)C(=O)N1CCC(NCc2ccccc2)CC1. The highest BCUT2D eigenvalue weighted by atomic mass is 16.5. The standard InChI is InChI=1S/C28H44N4O4/c1-28(2,3)25(30-26(34)23(19-32(36)20-33)17-21-9-7-8-10-21)27(35)31-15-13-24(14-16-31)29-18-22-11-5-4-6-12-22/h4-6,11-12,20-21,23-25,29,36H,7-10,13-19H2,1-3H3,(H,30,34)/t23-,25-/m1/s1. The second-order valence-electron chi connectivity index (χ2n) is 11.6. The van der Waals surface area contributed by atoms with Crippen molar-refractivity contribution in [1.82, 2.24) is 20.6 Å². The summed E-state index contributed by atoms with van der Waals surface area (Å²) in [6, 6.07) is 9.97. The number of hydrogen-bond donors (Lipinski definition) is 3. The van der Waals surface area contributed by atoms with Gasteiger partial charge in [0.15, 0.2) is 0 Å². The number of carbonyl (C=O) groups is 3. The highest BCUT2D eigenvalue weighted by Gasteiger charge is 2.38. The molecule has 1 aromatic rings. The number of nitrogens with zero attached hydrogens (tertiary/aromatic N) is 2. The number of nitrogens with one attached hydrogen (secondary N) is 2. The zero-order valence-electron chi connectivity index (χ0n) is 22.1. The van der Waals surface area contributed by atoms with Crippen LogP contribution in [0.15, 0.2) is 30.3 Å². The lowest BCUT2D eigenvalue weighted by molar-refractivity contribution is -0.156. The largest absolute Gasteiger partial charge is 0.344 e. The van der Waals surface area contributed by atoms with Gasteiger partial charge in [0.2, 0.25) is 18.2 Å². The van der Waals surface area contributed by atoms with E-state index < -0.39 is 17.4 Å². The first-order valence-electron chi connectivity index (χ1n) is 13.4. The summed E-state index contributed by atoms with van der Waals surface area (Å²) in [6.45, 7) is 7.92. The number of benzene rings is 1. The van der Waals surface area contributed by atoms with Crippen LogP contribution in [0.3, 0.4) is 0 Å². The van der Waals surface area contributed by atoms with Crippen molar-refractivity contribution in [3.63, 3.8) is 0 Å². The minimum atomic E-state index is -0.673. The Kier molecular flexibility index (Phi) is 10.3. The van der Waals surface area contributed by atoms with Gasteiger partial charge < -0.3 is 15.5 Å². The lowest BCUT2D eigenvalue weighted by atomic mass is 9.84. The third kappa shape index (κ3) is 8.30. The average molecular weight is 501 g/mol. The molecular weight excluding hydrogens is 456 g/mol. The number of piperidine rings is 1. The van der Waals surface area contributed by atoms with E-state index in [-0.39, 0.29) is 18.4 Å². The molecule has 1 saturated carbocycles. The second kappa shape index (κ2) is 13.2. The Hall–Kier alpha value is -2.45. The third-order valence-electron chi connectivity index (χ3n) is 7.64. The van der Waals surface area contributed by atoms with Crippen LogP contribution >= 0.6 is 0 Å². The summed E-state index contributed by atoms with van der Waals surface area (Å²) in [5.74, 6) is -0.468. The van der Waals surface area contributed by atoms with Crippen molar-refractivity contribution in [2.24, 2.45) is 17.3 Å². The topological polar surface area (TPSA) is 102 Å². The van der Waals surface area contributed by atoms with Gasteiger partial charge in [0, 0.05) is 25.7 Å². The molecule has 36 heavy (non-hydrogen) atoms. The molecule has 3 amide bonds. The molecule has 200 valence electrons. The van der Waals surface area contributed by atoms with Crippen molar-refractivity contribution in [3.05, 3.63) is 35.9 Å². The van der Waals surface area contributed by atoms with E-state index in [1.54, 1.807) is 0 Å². The van der Waals surface area contributed by atoms with Crippen LogP contribution in [0.4, 0.5) is 0 Å². The molecule has 8 nitrogen and oxygen atoms in total. The summed E-state index contributed by atoms with van der Waals surface area (Å²) in [5, 5.41) is 17.0. The molecule has 1 heterocycles. The summed E-state index contributed by atoms with van der Waals surface area (Å²) in [7, 11) is 0. The Bertz CT molecular complexity index is 843. The fraction of sp³-hybridized carbons (Fsp3) is 0.679. The van der Waals surface area contributed by atoms with Gasteiger partial charge in [0.05, 0.1) is 12.5 Å². The van der Waals surface area contributed by atoms with Crippen LogP contribution in [0.2, 0.25) is 0 Å². The Morgan fingerprint density at radius 3 is 2.33 bits per heavy atom. The van der Waals surface area contributed by atoms with E-state index in [9.17, 15) is 19.6 Å². The molecule has 0 aromatic heterocycles. The fourth-order valence-electron chi connectivity index (χ4n) is 5.44. The zero-order chi connectivity index (χ0) is 26.1. The van der Waals surface area contributed by atoms with Crippen molar-refractivity contribution in [2.75, 3.05) is 19.6 Å². The molecular formula is C28H44N4O4. The molecule has 1 aliphatic heterocycles.